The summed E-state index contributed by atoms with van der Waals surface area (Å²) in [6.07, 6.45) is 1.26. The van der Waals surface area contributed by atoms with Crippen molar-refractivity contribution in [3.8, 4) is 0 Å². The van der Waals surface area contributed by atoms with Crippen molar-refractivity contribution in [2.45, 2.75) is 6.42 Å². The van der Waals surface area contributed by atoms with Crippen molar-refractivity contribution >= 4 is 32.7 Å². The third kappa shape index (κ3) is 2.16. The molecule has 1 aromatic carbocycles. The van der Waals surface area contributed by atoms with E-state index < -0.39 is 0 Å². The molecule has 0 amide bonds. The van der Waals surface area contributed by atoms with Crippen LogP contribution in [0.15, 0.2) is 36.4 Å². The van der Waals surface area contributed by atoms with Crippen molar-refractivity contribution in [1.29, 1.82) is 0 Å². The normalized spacial score (nSPS) is 20.1. The first-order valence-corrected chi connectivity index (χ1v) is 7.15. The molecule has 0 aliphatic carbocycles. The highest BCUT2D eigenvalue weighted by molar-refractivity contribution is 9.09. The van der Waals surface area contributed by atoms with Gasteiger partial charge in [0.05, 0.1) is 5.52 Å². The zero-order valence-corrected chi connectivity index (χ0v) is 11.2. The van der Waals surface area contributed by atoms with Gasteiger partial charge >= 0.3 is 0 Å². The Morgan fingerprint density at radius 3 is 2.94 bits per heavy atom. The van der Waals surface area contributed by atoms with Gasteiger partial charge in [-0.25, -0.2) is 4.98 Å². The first-order valence-electron chi connectivity index (χ1n) is 6.03. The summed E-state index contributed by atoms with van der Waals surface area (Å²) >= 11 is 3.57. The number of para-hydroxylation sites is 1. The fourth-order valence-electron chi connectivity index (χ4n) is 2.40. The van der Waals surface area contributed by atoms with Crippen LogP contribution in [0.2, 0.25) is 0 Å². The molecular weight excluding hydrogens is 276 g/mol. The van der Waals surface area contributed by atoms with Crippen LogP contribution >= 0.6 is 15.9 Å². The zero-order chi connectivity index (χ0) is 11.7. The third-order valence-electron chi connectivity index (χ3n) is 3.41. The molecule has 1 aromatic heterocycles. The number of anilines is 1. The van der Waals surface area contributed by atoms with E-state index in [0.717, 1.165) is 35.7 Å². The predicted octanol–water partition coefficient (Wildman–Crippen LogP) is 3.46. The van der Waals surface area contributed by atoms with Crippen LogP contribution < -0.4 is 4.90 Å². The quantitative estimate of drug-likeness (QED) is 0.788. The van der Waals surface area contributed by atoms with Crippen molar-refractivity contribution in [1.82, 2.24) is 4.98 Å². The van der Waals surface area contributed by atoms with E-state index in [4.69, 9.17) is 4.98 Å². The van der Waals surface area contributed by atoms with Gasteiger partial charge < -0.3 is 4.90 Å². The second-order valence-corrected chi connectivity index (χ2v) is 5.26. The fourth-order valence-corrected chi connectivity index (χ4v) is 2.93. The van der Waals surface area contributed by atoms with E-state index in [1.165, 1.54) is 11.8 Å². The number of alkyl halides is 1. The Balaban J connectivity index is 1.91. The topological polar surface area (TPSA) is 16.1 Å². The minimum atomic E-state index is 0.767. The maximum absolute atomic E-state index is 4.74. The van der Waals surface area contributed by atoms with Gasteiger partial charge in [-0.3, -0.25) is 0 Å². The maximum atomic E-state index is 4.74. The second kappa shape index (κ2) is 4.65. The highest BCUT2D eigenvalue weighted by atomic mass is 79.9. The zero-order valence-electron chi connectivity index (χ0n) is 9.64. The lowest BCUT2D eigenvalue weighted by atomic mass is 10.2. The van der Waals surface area contributed by atoms with Crippen LogP contribution in [0.25, 0.3) is 10.9 Å². The monoisotopic (exact) mass is 290 g/mol. The van der Waals surface area contributed by atoms with Gasteiger partial charge in [0.25, 0.3) is 0 Å². The number of benzene rings is 1. The first kappa shape index (κ1) is 11.0. The smallest absolute Gasteiger partial charge is 0.129 e. The number of fused-ring (bicyclic) bond motifs is 1. The van der Waals surface area contributed by atoms with Gasteiger partial charge in [-0.15, -0.1) is 0 Å². The van der Waals surface area contributed by atoms with Crippen molar-refractivity contribution < 1.29 is 0 Å². The lowest BCUT2D eigenvalue weighted by molar-refractivity contribution is 0.675. The molecule has 3 rings (SSSR count). The summed E-state index contributed by atoms with van der Waals surface area (Å²) in [7, 11) is 0. The van der Waals surface area contributed by atoms with E-state index in [9.17, 15) is 0 Å². The summed E-state index contributed by atoms with van der Waals surface area (Å²) in [5.41, 5.74) is 1.09. The van der Waals surface area contributed by atoms with Gasteiger partial charge in [0, 0.05) is 23.8 Å². The lowest BCUT2D eigenvalue weighted by Gasteiger charge is -2.17. The summed E-state index contributed by atoms with van der Waals surface area (Å²) in [6, 6.07) is 12.6. The van der Waals surface area contributed by atoms with Crippen LogP contribution in [0.4, 0.5) is 5.82 Å². The van der Waals surface area contributed by atoms with Crippen LogP contribution in [0, 0.1) is 5.92 Å². The fraction of sp³-hybridized carbons (Fsp3) is 0.357. The maximum Gasteiger partial charge on any atom is 0.129 e. The number of aromatic nitrogens is 1. The molecule has 0 radical (unpaired) electrons. The molecule has 0 spiro atoms. The van der Waals surface area contributed by atoms with Gasteiger partial charge in [-0.1, -0.05) is 34.1 Å². The molecular formula is C14H15BrN2. The van der Waals surface area contributed by atoms with E-state index in [0.29, 0.717) is 0 Å². The molecule has 1 fully saturated rings. The van der Waals surface area contributed by atoms with Crippen molar-refractivity contribution in [3.05, 3.63) is 36.4 Å². The number of hydrogen-bond acceptors (Lipinski definition) is 2. The number of hydrogen-bond donors (Lipinski definition) is 0. The average Bonchev–Trinajstić information content (AvgIpc) is 2.87. The highest BCUT2D eigenvalue weighted by Crippen LogP contribution is 2.25. The Kier molecular flexibility index (Phi) is 3.02. The molecule has 1 aliphatic rings. The molecule has 2 aromatic rings. The van der Waals surface area contributed by atoms with E-state index >= 15 is 0 Å². The molecule has 17 heavy (non-hydrogen) atoms. The SMILES string of the molecule is BrCC1CCN(c2ccc3ccccc3n2)C1. The predicted molar refractivity (Wildman–Crippen MR) is 75.9 cm³/mol. The number of nitrogens with zero attached hydrogens (tertiary/aromatic N) is 2. The van der Waals surface area contributed by atoms with Gasteiger partial charge in [0.2, 0.25) is 0 Å². The van der Waals surface area contributed by atoms with Crippen molar-refractivity contribution in [3.63, 3.8) is 0 Å². The van der Waals surface area contributed by atoms with Crippen LogP contribution in [-0.2, 0) is 0 Å². The summed E-state index contributed by atoms with van der Waals surface area (Å²) in [5, 5.41) is 2.31. The Labute approximate surface area is 110 Å². The molecule has 3 heteroatoms. The summed E-state index contributed by atoms with van der Waals surface area (Å²) in [6.45, 7) is 2.25. The van der Waals surface area contributed by atoms with Crippen LogP contribution in [0.3, 0.4) is 0 Å². The second-order valence-electron chi connectivity index (χ2n) is 4.62. The highest BCUT2D eigenvalue weighted by Gasteiger charge is 2.22. The van der Waals surface area contributed by atoms with E-state index in [2.05, 4.69) is 51.2 Å². The minimum Gasteiger partial charge on any atom is -0.356 e. The van der Waals surface area contributed by atoms with Crippen LogP contribution in [0.1, 0.15) is 6.42 Å². The largest absolute Gasteiger partial charge is 0.356 e. The summed E-state index contributed by atoms with van der Waals surface area (Å²) in [5.74, 6) is 1.88. The molecule has 88 valence electrons. The molecule has 1 atom stereocenters. The first-order chi connectivity index (χ1) is 8.36. The van der Waals surface area contributed by atoms with Gasteiger partial charge in [-0.2, -0.15) is 0 Å². The molecule has 1 saturated heterocycles. The standard InChI is InChI=1S/C14H15BrN2/c15-9-11-7-8-17(10-11)14-6-5-12-3-1-2-4-13(12)16-14/h1-6,11H,7-10H2. The molecule has 0 bridgehead atoms. The molecule has 2 nitrogen and oxygen atoms in total. The Hall–Kier alpha value is -1.09. The van der Waals surface area contributed by atoms with Crippen LogP contribution in [0.5, 0.6) is 0 Å². The number of halogens is 1. The Bertz CT molecular complexity index is 526. The average molecular weight is 291 g/mol. The van der Waals surface area contributed by atoms with Gasteiger partial charge in [-0.05, 0) is 30.5 Å². The lowest BCUT2D eigenvalue weighted by Crippen LogP contribution is -2.20. The molecule has 2 heterocycles. The molecule has 0 saturated carbocycles. The van der Waals surface area contributed by atoms with E-state index in [1.54, 1.807) is 0 Å². The molecule has 1 unspecified atom stereocenters. The van der Waals surface area contributed by atoms with Gasteiger partial charge in [0.15, 0.2) is 0 Å². The van der Waals surface area contributed by atoms with Crippen molar-refractivity contribution in [2.75, 3.05) is 23.3 Å². The van der Waals surface area contributed by atoms with E-state index in [1.807, 2.05) is 6.07 Å². The number of pyridine rings is 1. The number of rotatable bonds is 2. The Morgan fingerprint density at radius 2 is 2.12 bits per heavy atom. The van der Waals surface area contributed by atoms with Crippen molar-refractivity contribution in [2.24, 2.45) is 5.92 Å². The van der Waals surface area contributed by atoms with Gasteiger partial charge in [0.1, 0.15) is 5.82 Å². The van der Waals surface area contributed by atoms with Crippen LogP contribution in [-0.4, -0.2) is 23.4 Å². The Morgan fingerprint density at radius 1 is 1.24 bits per heavy atom. The summed E-state index contributed by atoms with van der Waals surface area (Å²) < 4.78 is 0. The molecule has 1 aliphatic heterocycles. The summed E-state index contributed by atoms with van der Waals surface area (Å²) in [4.78, 5) is 7.12. The molecule has 0 N–H and O–H groups in total. The van der Waals surface area contributed by atoms with E-state index in [-0.39, 0.29) is 0 Å². The minimum absolute atomic E-state index is 0.767. The third-order valence-corrected chi connectivity index (χ3v) is 4.33.